The van der Waals surface area contributed by atoms with E-state index in [2.05, 4.69) is 15.3 Å². The molecule has 1 amide bonds. The van der Waals surface area contributed by atoms with Crippen LogP contribution in [0, 0.1) is 0 Å². The normalized spacial score (nSPS) is 15.0. The Bertz CT molecular complexity index is 792. The molecule has 2 heterocycles. The third kappa shape index (κ3) is 3.76. The fraction of sp³-hybridized carbons (Fsp3) is 0.267. The van der Waals surface area contributed by atoms with Gasteiger partial charge in [0.1, 0.15) is 10.7 Å². The zero-order valence-corrected chi connectivity index (χ0v) is 13.3. The van der Waals surface area contributed by atoms with Crippen LogP contribution in [-0.2, 0) is 6.18 Å². The summed E-state index contributed by atoms with van der Waals surface area (Å²) in [5.74, 6) is 0.0911. The Hall–Kier alpha value is -2.55. The highest BCUT2D eigenvalue weighted by molar-refractivity contribution is 6.30. The molecule has 0 unspecified atom stereocenters. The van der Waals surface area contributed by atoms with Crippen molar-refractivity contribution >= 4 is 29.3 Å². The van der Waals surface area contributed by atoms with Crippen LogP contribution >= 0.6 is 11.6 Å². The molecular weight excluding hydrogens is 361 g/mol. The maximum absolute atomic E-state index is 12.6. The number of anilines is 2. The number of hydrogen-bond donors (Lipinski definition) is 2. The van der Waals surface area contributed by atoms with Crippen molar-refractivity contribution in [1.82, 2.24) is 14.9 Å². The Labute approximate surface area is 145 Å². The van der Waals surface area contributed by atoms with Crippen molar-refractivity contribution in [1.29, 1.82) is 0 Å². The van der Waals surface area contributed by atoms with E-state index in [-0.39, 0.29) is 11.9 Å². The van der Waals surface area contributed by atoms with E-state index in [1.807, 2.05) is 12.1 Å². The second kappa shape index (κ2) is 6.40. The topological polar surface area (TPSA) is 78.4 Å². The average Bonchev–Trinajstić information content (AvgIpc) is 2.46. The third-order valence-electron chi connectivity index (χ3n) is 3.84. The zero-order chi connectivity index (χ0) is 18.2. The quantitative estimate of drug-likeness (QED) is 0.797. The van der Waals surface area contributed by atoms with Gasteiger partial charge in [0, 0.05) is 30.9 Å². The van der Waals surface area contributed by atoms with E-state index < -0.39 is 23.0 Å². The summed E-state index contributed by atoms with van der Waals surface area (Å²) >= 11 is 5.55. The van der Waals surface area contributed by atoms with E-state index in [4.69, 9.17) is 16.7 Å². The Morgan fingerprint density at radius 2 is 1.92 bits per heavy atom. The first-order chi connectivity index (χ1) is 11.7. The molecule has 2 N–H and O–H groups in total. The SMILES string of the molecule is O=C(O)N1CC(c2ccc(Nc3ncc(C(F)(F)F)c(Cl)n3)cc2)C1. The maximum atomic E-state index is 12.6. The number of nitrogens with one attached hydrogen (secondary N) is 1. The molecule has 1 fully saturated rings. The lowest BCUT2D eigenvalue weighted by Crippen LogP contribution is -2.47. The van der Waals surface area contributed by atoms with Gasteiger partial charge in [0.2, 0.25) is 5.95 Å². The summed E-state index contributed by atoms with van der Waals surface area (Å²) in [5.41, 5.74) is 0.464. The minimum Gasteiger partial charge on any atom is -0.465 e. The summed E-state index contributed by atoms with van der Waals surface area (Å²) in [5, 5.41) is 10.9. The van der Waals surface area contributed by atoms with Gasteiger partial charge in [-0.05, 0) is 17.7 Å². The molecule has 1 aromatic carbocycles. The monoisotopic (exact) mass is 372 g/mol. The highest BCUT2D eigenvalue weighted by atomic mass is 35.5. The first kappa shape index (κ1) is 17.3. The van der Waals surface area contributed by atoms with E-state index in [0.29, 0.717) is 25.0 Å². The third-order valence-corrected chi connectivity index (χ3v) is 4.13. The van der Waals surface area contributed by atoms with Crippen LogP contribution in [-0.4, -0.2) is 39.2 Å². The Kier molecular flexibility index (Phi) is 4.42. The summed E-state index contributed by atoms with van der Waals surface area (Å²) in [6.45, 7) is 0.888. The maximum Gasteiger partial charge on any atom is 0.420 e. The number of nitrogens with zero attached hydrogens (tertiary/aromatic N) is 3. The molecule has 1 aliphatic rings. The molecule has 0 spiro atoms. The van der Waals surface area contributed by atoms with Crippen LogP contribution in [0.25, 0.3) is 0 Å². The van der Waals surface area contributed by atoms with Crippen molar-refractivity contribution in [3.8, 4) is 0 Å². The van der Waals surface area contributed by atoms with Crippen LogP contribution in [0.15, 0.2) is 30.5 Å². The van der Waals surface area contributed by atoms with Gasteiger partial charge in [0.25, 0.3) is 0 Å². The number of amides is 1. The number of alkyl halides is 3. The molecule has 0 aliphatic carbocycles. The molecule has 0 bridgehead atoms. The predicted octanol–water partition coefficient (Wildman–Crippen LogP) is 3.97. The summed E-state index contributed by atoms with van der Waals surface area (Å²) in [6.07, 6.45) is -4.92. The van der Waals surface area contributed by atoms with Crippen LogP contribution in [0.1, 0.15) is 17.0 Å². The van der Waals surface area contributed by atoms with Gasteiger partial charge >= 0.3 is 12.3 Å². The lowest BCUT2D eigenvalue weighted by atomic mass is 9.92. The van der Waals surface area contributed by atoms with E-state index in [9.17, 15) is 18.0 Å². The summed E-state index contributed by atoms with van der Waals surface area (Å²) in [7, 11) is 0. The van der Waals surface area contributed by atoms with Crippen molar-refractivity contribution in [2.45, 2.75) is 12.1 Å². The van der Waals surface area contributed by atoms with Gasteiger partial charge in [0.15, 0.2) is 0 Å². The molecule has 0 radical (unpaired) electrons. The van der Waals surface area contributed by atoms with E-state index in [1.165, 1.54) is 4.90 Å². The van der Waals surface area contributed by atoms with Crippen molar-refractivity contribution < 1.29 is 23.1 Å². The molecule has 132 valence electrons. The average molecular weight is 373 g/mol. The number of benzene rings is 1. The van der Waals surface area contributed by atoms with E-state index >= 15 is 0 Å². The number of hydrogen-bond acceptors (Lipinski definition) is 4. The smallest absolute Gasteiger partial charge is 0.420 e. The highest BCUT2D eigenvalue weighted by Gasteiger charge is 2.34. The van der Waals surface area contributed by atoms with Gasteiger partial charge in [-0.15, -0.1) is 0 Å². The van der Waals surface area contributed by atoms with Crippen molar-refractivity contribution in [3.63, 3.8) is 0 Å². The van der Waals surface area contributed by atoms with Gasteiger partial charge in [0.05, 0.1) is 0 Å². The summed E-state index contributed by atoms with van der Waals surface area (Å²) in [6, 6.07) is 7.07. The zero-order valence-electron chi connectivity index (χ0n) is 12.6. The van der Waals surface area contributed by atoms with E-state index in [0.717, 1.165) is 5.56 Å². The summed E-state index contributed by atoms with van der Waals surface area (Å²) < 4.78 is 37.9. The number of likely N-dealkylation sites (tertiary alicyclic amines) is 1. The molecule has 25 heavy (non-hydrogen) atoms. The Balaban J connectivity index is 1.66. The fourth-order valence-corrected chi connectivity index (χ4v) is 2.66. The lowest BCUT2D eigenvalue weighted by Gasteiger charge is -2.37. The van der Waals surface area contributed by atoms with Gasteiger partial charge in [-0.3, -0.25) is 0 Å². The molecule has 2 aromatic rings. The number of carbonyl (C=O) groups is 1. The molecule has 10 heteroatoms. The first-order valence-corrected chi connectivity index (χ1v) is 7.56. The number of carboxylic acid groups (broad SMARTS) is 1. The molecular formula is C15H12ClF3N4O2. The van der Waals surface area contributed by atoms with Crippen molar-refractivity contribution in [3.05, 3.63) is 46.7 Å². The highest BCUT2D eigenvalue weighted by Crippen LogP contribution is 2.34. The standard InChI is InChI=1S/C15H12ClF3N4O2/c16-12-11(15(17,18)19)5-20-13(22-12)21-10-3-1-8(2-4-10)9-6-23(7-9)14(24)25/h1-5,9H,6-7H2,(H,24,25)(H,20,21,22). The van der Waals surface area contributed by atoms with Gasteiger partial charge in [-0.1, -0.05) is 23.7 Å². The van der Waals surface area contributed by atoms with Crippen molar-refractivity contribution in [2.24, 2.45) is 0 Å². The van der Waals surface area contributed by atoms with Crippen LogP contribution < -0.4 is 5.32 Å². The van der Waals surface area contributed by atoms with Gasteiger partial charge in [-0.25, -0.2) is 14.8 Å². The molecule has 6 nitrogen and oxygen atoms in total. The molecule has 3 rings (SSSR count). The first-order valence-electron chi connectivity index (χ1n) is 7.18. The predicted molar refractivity (Wildman–Crippen MR) is 84.1 cm³/mol. The minimum absolute atomic E-state index is 0.0496. The fourth-order valence-electron chi connectivity index (χ4n) is 2.42. The Morgan fingerprint density at radius 3 is 2.44 bits per heavy atom. The number of aromatic nitrogens is 2. The number of rotatable bonds is 3. The molecule has 0 atom stereocenters. The molecule has 1 aliphatic heterocycles. The molecule has 1 aromatic heterocycles. The van der Waals surface area contributed by atoms with Crippen LogP contribution in [0.5, 0.6) is 0 Å². The van der Waals surface area contributed by atoms with Crippen LogP contribution in [0.4, 0.5) is 29.6 Å². The van der Waals surface area contributed by atoms with Crippen molar-refractivity contribution in [2.75, 3.05) is 18.4 Å². The van der Waals surface area contributed by atoms with Gasteiger partial charge in [-0.2, -0.15) is 13.2 Å². The van der Waals surface area contributed by atoms with E-state index in [1.54, 1.807) is 12.1 Å². The number of halogens is 4. The second-order valence-corrected chi connectivity index (χ2v) is 5.89. The Morgan fingerprint density at radius 1 is 1.28 bits per heavy atom. The molecule has 1 saturated heterocycles. The van der Waals surface area contributed by atoms with Crippen LogP contribution in [0.2, 0.25) is 5.15 Å². The van der Waals surface area contributed by atoms with Crippen LogP contribution in [0.3, 0.4) is 0 Å². The second-order valence-electron chi connectivity index (χ2n) is 5.53. The minimum atomic E-state index is -4.61. The molecule has 0 saturated carbocycles. The summed E-state index contributed by atoms with van der Waals surface area (Å²) in [4.78, 5) is 19.3. The lowest BCUT2D eigenvalue weighted by molar-refractivity contribution is -0.137. The largest absolute Gasteiger partial charge is 0.465 e. The van der Waals surface area contributed by atoms with Gasteiger partial charge < -0.3 is 15.3 Å².